The highest BCUT2D eigenvalue weighted by Gasteiger charge is 2.17. The Hall–Kier alpha value is -1.59. The first-order valence-corrected chi connectivity index (χ1v) is 10.2. The Kier molecular flexibility index (Phi) is 4.60. The Morgan fingerprint density at radius 2 is 2.04 bits per heavy atom. The number of para-hydroxylation sites is 1. The molecule has 124 valence electrons. The third kappa shape index (κ3) is 3.85. The molecule has 4 nitrogen and oxygen atoms in total. The van der Waals surface area contributed by atoms with Gasteiger partial charge in [0.25, 0.3) is 0 Å². The lowest BCUT2D eigenvalue weighted by atomic mass is 9.96. The summed E-state index contributed by atoms with van der Waals surface area (Å²) in [6.45, 7) is 4.88. The Balaban J connectivity index is 1.70. The van der Waals surface area contributed by atoms with E-state index in [-0.39, 0.29) is 5.75 Å². The zero-order chi connectivity index (χ0) is 16.4. The molecule has 0 atom stereocenters. The topological polar surface area (TPSA) is 53.2 Å². The number of benzene rings is 1. The predicted molar refractivity (Wildman–Crippen MR) is 96.4 cm³/mol. The molecule has 1 aliphatic heterocycles. The lowest BCUT2D eigenvalue weighted by Gasteiger charge is -2.26. The highest BCUT2D eigenvalue weighted by atomic mass is 32.2. The van der Waals surface area contributed by atoms with Crippen molar-refractivity contribution in [2.75, 3.05) is 31.6 Å². The number of rotatable bonds is 5. The number of fused-ring (bicyclic) bond motifs is 1. The van der Waals surface area contributed by atoms with Crippen molar-refractivity contribution in [3.63, 3.8) is 0 Å². The quantitative estimate of drug-likeness (QED) is 0.916. The largest absolute Gasteiger partial charge is 0.358 e. The molecule has 0 bridgehead atoms. The Bertz CT molecular complexity index is 834. The van der Waals surface area contributed by atoms with Crippen LogP contribution in [0, 0.1) is 6.92 Å². The van der Waals surface area contributed by atoms with E-state index in [9.17, 15) is 8.42 Å². The molecule has 0 radical (unpaired) electrons. The number of hydrogen-bond acceptors (Lipinski definition) is 3. The molecule has 1 aliphatic rings. The summed E-state index contributed by atoms with van der Waals surface area (Å²) in [6, 6.07) is 8.43. The second-order valence-electron chi connectivity index (χ2n) is 6.43. The van der Waals surface area contributed by atoms with Crippen LogP contribution in [0.4, 0.5) is 0 Å². The summed E-state index contributed by atoms with van der Waals surface area (Å²) in [5.74, 6) is 0.279. The third-order valence-electron chi connectivity index (χ3n) is 4.50. The Labute approximate surface area is 138 Å². The van der Waals surface area contributed by atoms with Gasteiger partial charge in [-0.25, -0.2) is 8.42 Å². The number of aromatic amines is 1. The second kappa shape index (κ2) is 6.49. The molecule has 1 N–H and O–H groups in total. The van der Waals surface area contributed by atoms with Crippen molar-refractivity contribution in [2.45, 2.75) is 19.8 Å². The number of aryl methyl sites for hydroxylation is 1. The third-order valence-corrected chi connectivity index (χ3v) is 5.53. The first-order valence-electron chi connectivity index (χ1n) is 8.11. The fourth-order valence-electron chi connectivity index (χ4n) is 3.38. The number of nitrogens with zero attached hydrogens (tertiary/aromatic N) is 1. The minimum absolute atomic E-state index is 0.279. The van der Waals surface area contributed by atoms with E-state index in [2.05, 4.69) is 47.1 Å². The lowest BCUT2D eigenvalue weighted by molar-refractivity contribution is 0.303. The van der Waals surface area contributed by atoms with E-state index < -0.39 is 9.84 Å². The first-order chi connectivity index (χ1) is 10.9. The molecule has 23 heavy (non-hydrogen) atoms. The van der Waals surface area contributed by atoms with Gasteiger partial charge in [-0.2, -0.15) is 0 Å². The Morgan fingerprint density at radius 1 is 1.26 bits per heavy atom. The van der Waals surface area contributed by atoms with Gasteiger partial charge in [0.05, 0.1) is 5.75 Å². The summed E-state index contributed by atoms with van der Waals surface area (Å²) in [4.78, 5) is 5.80. The fraction of sp³-hybridized carbons (Fsp3) is 0.444. The SMILES string of the molecule is Cc1[nH]c2ccccc2c1C1=CCN(CCCS(C)(=O)=O)CC1. The summed E-state index contributed by atoms with van der Waals surface area (Å²) in [5, 5.41) is 1.29. The van der Waals surface area contributed by atoms with Gasteiger partial charge in [0.15, 0.2) is 0 Å². The summed E-state index contributed by atoms with van der Waals surface area (Å²) in [7, 11) is -2.85. The molecular formula is C18H24N2O2S. The van der Waals surface area contributed by atoms with Crippen LogP contribution in [0.15, 0.2) is 30.3 Å². The van der Waals surface area contributed by atoms with Gasteiger partial charge in [-0.05, 0) is 37.9 Å². The van der Waals surface area contributed by atoms with Gasteiger partial charge in [0.1, 0.15) is 9.84 Å². The van der Waals surface area contributed by atoms with E-state index in [1.165, 1.54) is 34.0 Å². The molecule has 1 aromatic carbocycles. The predicted octanol–water partition coefficient (Wildman–Crippen LogP) is 3.00. The standard InChI is InChI=1S/C18H24N2O2S/c1-14-18(16-6-3-4-7-17(16)19-14)15-8-11-20(12-9-15)10-5-13-23(2,21)22/h3-4,6-8,19H,5,9-13H2,1-2H3. The van der Waals surface area contributed by atoms with E-state index in [1.807, 2.05) is 0 Å². The zero-order valence-corrected chi connectivity index (χ0v) is 14.6. The molecular weight excluding hydrogens is 308 g/mol. The van der Waals surface area contributed by atoms with Crippen LogP contribution in [0.5, 0.6) is 0 Å². The monoisotopic (exact) mass is 332 g/mol. The number of aromatic nitrogens is 1. The van der Waals surface area contributed by atoms with E-state index >= 15 is 0 Å². The fourth-order valence-corrected chi connectivity index (χ4v) is 4.04. The molecule has 0 fully saturated rings. The second-order valence-corrected chi connectivity index (χ2v) is 8.69. The average Bonchev–Trinajstić information content (AvgIpc) is 2.83. The van der Waals surface area contributed by atoms with Gasteiger partial charge >= 0.3 is 0 Å². The number of sulfone groups is 1. The summed E-state index contributed by atoms with van der Waals surface area (Å²) in [6.07, 6.45) is 5.34. The minimum atomic E-state index is -2.85. The van der Waals surface area contributed by atoms with E-state index in [1.54, 1.807) is 0 Å². The van der Waals surface area contributed by atoms with Crippen molar-refractivity contribution in [2.24, 2.45) is 0 Å². The van der Waals surface area contributed by atoms with E-state index in [0.29, 0.717) is 6.42 Å². The van der Waals surface area contributed by atoms with E-state index in [0.717, 1.165) is 26.1 Å². The van der Waals surface area contributed by atoms with Crippen molar-refractivity contribution >= 4 is 26.3 Å². The average molecular weight is 332 g/mol. The molecule has 0 saturated carbocycles. The maximum atomic E-state index is 11.2. The van der Waals surface area contributed by atoms with E-state index in [4.69, 9.17) is 0 Å². The van der Waals surface area contributed by atoms with Crippen molar-refractivity contribution in [1.29, 1.82) is 0 Å². The molecule has 0 aliphatic carbocycles. The van der Waals surface area contributed by atoms with Crippen LogP contribution in [0.1, 0.15) is 24.1 Å². The zero-order valence-electron chi connectivity index (χ0n) is 13.8. The number of nitrogens with one attached hydrogen (secondary N) is 1. The maximum Gasteiger partial charge on any atom is 0.147 e. The van der Waals surface area contributed by atoms with Crippen LogP contribution < -0.4 is 0 Å². The molecule has 1 aromatic heterocycles. The van der Waals surface area contributed by atoms with Gasteiger partial charge in [-0.1, -0.05) is 24.3 Å². The van der Waals surface area contributed by atoms with Crippen molar-refractivity contribution in [3.05, 3.63) is 41.6 Å². The lowest BCUT2D eigenvalue weighted by Crippen LogP contribution is -2.30. The van der Waals surface area contributed by atoms with Gasteiger partial charge in [0.2, 0.25) is 0 Å². The molecule has 5 heteroatoms. The van der Waals surface area contributed by atoms with Crippen molar-refractivity contribution in [3.8, 4) is 0 Å². The van der Waals surface area contributed by atoms with Crippen molar-refractivity contribution < 1.29 is 8.42 Å². The number of hydrogen-bond donors (Lipinski definition) is 1. The summed E-state index contributed by atoms with van der Waals surface area (Å²) < 4.78 is 22.4. The van der Waals surface area contributed by atoms with Crippen LogP contribution >= 0.6 is 0 Å². The van der Waals surface area contributed by atoms with Gasteiger partial charge < -0.3 is 4.98 Å². The van der Waals surface area contributed by atoms with Gasteiger partial charge in [-0.15, -0.1) is 0 Å². The van der Waals surface area contributed by atoms with Gasteiger partial charge in [-0.3, -0.25) is 4.90 Å². The van der Waals surface area contributed by atoms with Crippen LogP contribution in [0.3, 0.4) is 0 Å². The molecule has 0 spiro atoms. The molecule has 0 saturated heterocycles. The minimum Gasteiger partial charge on any atom is -0.358 e. The summed E-state index contributed by atoms with van der Waals surface area (Å²) >= 11 is 0. The smallest absolute Gasteiger partial charge is 0.147 e. The molecule has 2 heterocycles. The number of H-pyrrole nitrogens is 1. The highest BCUT2D eigenvalue weighted by Crippen LogP contribution is 2.32. The maximum absolute atomic E-state index is 11.2. The van der Waals surface area contributed by atoms with Gasteiger partial charge in [0, 0.05) is 41.5 Å². The first kappa shape index (κ1) is 16.3. The molecule has 0 amide bonds. The molecule has 0 unspecified atom stereocenters. The van der Waals surface area contributed by atoms with Crippen LogP contribution in [0.2, 0.25) is 0 Å². The van der Waals surface area contributed by atoms with Crippen LogP contribution in [-0.4, -0.2) is 49.9 Å². The highest BCUT2D eigenvalue weighted by molar-refractivity contribution is 7.90. The van der Waals surface area contributed by atoms with Crippen molar-refractivity contribution in [1.82, 2.24) is 9.88 Å². The molecule has 3 rings (SSSR count). The Morgan fingerprint density at radius 3 is 2.74 bits per heavy atom. The summed E-state index contributed by atoms with van der Waals surface area (Å²) in [5.41, 5.74) is 5.16. The van der Waals surface area contributed by atoms with Crippen LogP contribution in [0.25, 0.3) is 16.5 Å². The van der Waals surface area contributed by atoms with Crippen LogP contribution in [-0.2, 0) is 9.84 Å². The molecule has 2 aromatic rings. The normalized spacial score (nSPS) is 16.7.